The Labute approximate surface area is 119 Å². The van der Waals surface area contributed by atoms with Gasteiger partial charge in [-0.15, -0.1) is 0 Å². The second-order valence-corrected chi connectivity index (χ2v) is 6.57. The first-order valence-corrected chi connectivity index (χ1v) is 7.73. The highest BCUT2D eigenvalue weighted by Crippen LogP contribution is 2.23. The minimum absolute atomic E-state index is 0.0777. The number of nitriles is 1. The summed E-state index contributed by atoms with van der Waals surface area (Å²) in [6.07, 6.45) is 0.131. The Balaban J connectivity index is 2.81. The summed E-state index contributed by atoms with van der Waals surface area (Å²) in [7, 11) is -3.78. The average molecular weight is 346 g/mol. The highest BCUT2D eigenvalue weighted by molar-refractivity contribution is 9.10. The first-order valence-electron chi connectivity index (χ1n) is 5.28. The number of anilines is 1. The summed E-state index contributed by atoms with van der Waals surface area (Å²) in [6.45, 7) is 0.126. The summed E-state index contributed by atoms with van der Waals surface area (Å²) in [4.78, 5) is 11.4. The lowest BCUT2D eigenvalue weighted by Crippen LogP contribution is -2.31. The standard InChI is InChI=1S/C11H12BrN3O3S/c12-8-2-3-10(9(14)6-8)19(17,18)7-11(16)15-5-1-4-13/h2-3,6H,1,5,7,14H2,(H,15,16). The van der Waals surface area contributed by atoms with Crippen LogP contribution in [0.1, 0.15) is 6.42 Å². The number of hydrogen-bond acceptors (Lipinski definition) is 5. The van der Waals surface area contributed by atoms with Crippen molar-refractivity contribution < 1.29 is 13.2 Å². The van der Waals surface area contributed by atoms with Crippen LogP contribution in [-0.2, 0) is 14.6 Å². The lowest BCUT2D eigenvalue weighted by molar-refractivity contribution is -0.118. The molecule has 0 heterocycles. The first kappa shape index (κ1) is 15.5. The molecule has 0 unspecified atom stereocenters. The Morgan fingerprint density at radius 2 is 2.16 bits per heavy atom. The number of nitrogen functional groups attached to an aromatic ring is 1. The van der Waals surface area contributed by atoms with E-state index in [0.29, 0.717) is 4.47 Å². The van der Waals surface area contributed by atoms with Crippen molar-refractivity contribution in [3.8, 4) is 6.07 Å². The summed E-state index contributed by atoms with van der Waals surface area (Å²) >= 11 is 3.17. The quantitative estimate of drug-likeness (QED) is 0.606. The molecule has 0 aliphatic rings. The molecule has 0 saturated carbocycles. The summed E-state index contributed by atoms with van der Waals surface area (Å²) in [5.41, 5.74) is 5.70. The van der Waals surface area contributed by atoms with Gasteiger partial charge in [0.05, 0.1) is 23.1 Å². The molecule has 0 spiro atoms. The highest BCUT2D eigenvalue weighted by Gasteiger charge is 2.21. The second kappa shape index (κ2) is 6.54. The van der Waals surface area contributed by atoms with Crippen LogP contribution < -0.4 is 11.1 Å². The molecule has 102 valence electrons. The number of hydrogen-bond donors (Lipinski definition) is 2. The fourth-order valence-corrected chi connectivity index (χ4v) is 3.04. The molecule has 0 saturated heterocycles. The van der Waals surface area contributed by atoms with E-state index < -0.39 is 21.5 Å². The predicted octanol–water partition coefficient (Wildman–Crippen LogP) is 0.835. The zero-order valence-corrected chi connectivity index (χ0v) is 12.3. The molecule has 0 fully saturated rings. The van der Waals surface area contributed by atoms with Gasteiger partial charge in [0.1, 0.15) is 5.75 Å². The fraction of sp³-hybridized carbons (Fsp3) is 0.273. The van der Waals surface area contributed by atoms with Crippen LogP contribution in [0, 0.1) is 11.3 Å². The molecule has 0 aliphatic heterocycles. The maximum Gasteiger partial charge on any atom is 0.235 e. The molecule has 0 atom stereocenters. The van der Waals surface area contributed by atoms with Gasteiger partial charge in [0.25, 0.3) is 0 Å². The number of carbonyl (C=O) groups excluding carboxylic acids is 1. The third-order valence-corrected chi connectivity index (χ3v) is 4.36. The maximum absolute atomic E-state index is 12.0. The lowest BCUT2D eigenvalue weighted by atomic mass is 10.3. The van der Waals surface area contributed by atoms with E-state index in [0.717, 1.165) is 0 Å². The van der Waals surface area contributed by atoms with Crippen LogP contribution in [0.4, 0.5) is 5.69 Å². The zero-order valence-electron chi connectivity index (χ0n) is 9.89. The van der Waals surface area contributed by atoms with E-state index in [2.05, 4.69) is 21.2 Å². The van der Waals surface area contributed by atoms with Crippen molar-refractivity contribution in [2.24, 2.45) is 0 Å². The molecule has 0 aromatic heterocycles. The Morgan fingerprint density at radius 1 is 1.47 bits per heavy atom. The number of amides is 1. The molecule has 0 radical (unpaired) electrons. The van der Waals surface area contributed by atoms with Crippen LogP contribution in [0.2, 0.25) is 0 Å². The van der Waals surface area contributed by atoms with E-state index in [1.54, 1.807) is 0 Å². The molecule has 1 amide bonds. The summed E-state index contributed by atoms with van der Waals surface area (Å²) in [5, 5.41) is 10.7. The number of halogens is 1. The van der Waals surface area contributed by atoms with Gasteiger partial charge in [0, 0.05) is 11.0 Å². The molecule has 19 heavy (non-hydrogen) atoms. The highest BCUT2D eigenvalue weighted by atomic mass is 79.9. The molecule has 6 nitrogen and oxygen atoms in total. The van der Waals surface area contributed by atoms with Gasteiger partial charge in [-0.2, -0.15) is 5.26 Å². The van der Waals surface area contributed by atoms with E-state index in [4.69, 9.17) is 11.0 Å². The Kier molecular flexibility index (Phi) is 5.32. The molecular weight excluding hydrogens is 334 g/mol. The van der Waals surface area contributed by atoms with E-state index in [1.165, 1.54) is 18.2 Å². The third kappa shape index (κ3) is 4.54. The first-order chi connectivity index (χ1) is 8.86. The smallest absolute Gasteiger partial charge is 0.235 e. The summed E-state index contributed by atoms with van der Waals surface area (Å²) in [6, 6.07) is 6.19. The largest absolute Gasteiger partial charge is 0.398 e. The van der Waals surface area contributed by atoms with E-state index >= 15 is 0 Å². The number of nitrogens with zero attached hydrogens (tertiary/aromatic N) is 1. The molecule has 1 rings (SSSR count). The molecule has 0 bridgehead atoms. The molecule has 1 aromatic carbocycles. The van der Waals surface area contributed by atoms with E-state index in [-0.39, 0.29) is 23.5 Å². The number of nitrogens with one attached hydrogen (secondary N) is 1. The SMILES string of the molecule is N#CCCNC(=O)CS(=O)(=O)c1ccc(Br)cc1N. The van der Waals surface area contributed by atoms with E-state index in [9.17, 15) is 13.2 Å². The van der Waals surface area contributed by atoms with Crippen LogP contribution in [-0.4, -0.2) is 26.6 Å². The lowest BCUT2D eigenvalue weighted by Gasteiger charge is -2.08. The number of sulfone groups is 1. The van der Waals surface area contributed by atoms with Gasteiger partial charge in [0.15, 0.2) is 9.84 Å². The number of nitrogens with two attached hydrogens (primary N) is 1. The van der Waals surface area contributed by atoms with Gasteiger partial charge < -0.3 is 11.1 Å². The maximum atomic E-state index is 12.0. The summed E-state index contributed by atoms with van der Waals surface area (Å²) < 4.78 is 24.6. The molecule has 0 aliphatic carbocycles. The zero-order chi connectivity index (χ0) is 14.5. The van der Waals surface area contributed by atoms with Crippen LogP contribution in [0.3, 0.4) is 0 Å². The van der Waals surface area contributed by atoms with Gasteiger partial charge >= 0.3 is 0 Å². The molecule has 1 aromatic rings. The molecule has 3 N–H and O–H groups in total. The second-order valence-electron chi connectivity index (χ2n) is 3.70. The van der Waals surface area contributed by atoms with Crippen molar-refractivity contribution in [1.82, 2.24) is 5.32 Å². The van der Waals surface area contributed by atoms with Gasteiger partial charge in [-0.05, 0) is 18.2 Å². The van der Waals surface area contributed by atoms with Gasteiger partial charge in [0.2, 0.25) is 5.91 Å². The molecular formula is C11H12BrN3O3S. The number of rotatable bonds is 5. The van der Waals surface area contributed by atoms with Crippen molar-refractivity contribution in [2.45, 2.75) is 11.3 Å². The van der Waals surface area contributed by atoms with Crippen LogP contribution in [0.25, 0.3) is 0 Å². The van der Waals surface area contributed by atoms with E-state index in [1.807, 2.05) is 6.07 Å². The van der Waals surface area contributed by atoms with Crippen molar-refractivity contribution >= 4 is 37.4 Å². The predicted molar refractivity (Wildman–Crippen MR) is 73.8 cm³/mol. The van der Waals surface area contributed by atoms with Crippen LogP contribution >= 0.6 is 15.9 Å². The topological polar surface area (TPSA) is 113 Å². The van der Waals surface area contributed by atoms with Crippen molar-refractivity contribution in [2.75, 3.05) is 18.0 Å². The van der Waals surface area contributed by atoms with Crippen molar-refractivity contribution in [1.29, 1.82) is 5.26 Å². The average Bonchev–Trinajstić information content (AvgIpc) is 2.27. The van der Waals surface area contributed by atoms with Gasteiger partial charge in [-0.3, -0.25) is 4.79 Å². The minimum Gasteiger partial charge on any atom is -0.398 e. The van der Waals surface area contributed by atoms with Crippen LogP contribution in [0.5, 0.6) is 0 Å². The summed E-state index contributed by atoms with van der Waals surface area (Å²) in [5.74, 6) is -1.35. The third-order valence-electron chi connectivity index (χ3n) is 2.19. The van der Waals surface area contributed by atoms with Crippen molar-refractivity contribution in [3.05, 3.63) is 22.7 Å². The van der Waals surface area contributed by atoms with Crippen LogP contribution in [0.15, 0.2) is 27.6 Å². The van der Waals surface area contributed by atoms with Gasteiger partial charge in [-0.25, -0.2) is 8.42 Å². The van der Waals surface area contributed by atoms with Gasteiger partial charge in [-0.1, -0.05) is 15.9 Å². The Morgan fingerprint density at radius 3 is 2.74 bits per heavy atom. The van der Waals surface area contributed by atoms with Crippen molar-refractivity contribution in [3.63, 3.8) is 0 Å². The monoisotopic (exact) mass is 345 g/mol. The normalized spacial score (nSPS) is 10.7. The Bertz CT molecular complexity index is 623. The Hall–Kier alpha value is -1.59. The molecule has 8 heteroatoms. The fourth-order valence-electron chi connectivity index (χ4n) is 1.36. The number of benzene rings is 1. The minimum atomic E-state index is -3.78. The number of carbonyl (C=O) groups is 1.